The van der Waals surface area contributed by atoms with Crippen LogP contribution in [0.15, 0.2) is 53.5 Å². The molecule has 0 heterocycles. The van der Waals surface area contributed by atoms with E-state index in [1.165, 1.54) is 24.3 Å². The number of guanidine groups is 1. The van der Waals surface area contributed by atoms with Crippen LogP contribution in [0.1, 0.15) is 22.3 Å². The number of ether oxygens (including phenoxy) is 6. The summed E-state index contributed by atoms with van der Waals surface area (Å²) in [6.45, 7) is 1.19. The van der Waals surface area contributed by atoms with Crippen LogP contribution >= 0.6 is 12.4 Å². The Morgan fingerprint density at radius 3 is 1.78 bits per heavy atom. The molecule has 16 nitrogen and oxygen atoms in total. The van der Waals surface area contributed by atoms with Crippen molar-refractivity contribution in [1.29, 1.82) is 0 Å². The van der Waals surface area contributed by atoms with Crippen molar-refractivity contribution in [3.8, 4) is 5.75 Å². The van der Waals surface area contributed by atoms with Crippen LogP contribution in [0.3, 0.4) is 0 Å². The van der Waals surface area contributed by atoms with Crippen LogP contribution in [-0.4, -0.2) is 111 Å². The maximum absolute atomic E-state index is 12.5. The molecule has 0 saturated carbocycles. The van der Waals surface area contributed by atoms with E-state index in [4.69, 9.17) is 50.1 Å². The first-order chi connectivity index (χ1) is 21.6. The first kappa shape index (κ1) is 39.5. The van der Waals surface area contributed by atoms with E-state index >= 15 is 0 Å². The topological polar surface area (TPSA) is 232 Å². The van der Waals surface area contributed by atoms with E-state index in [9.17, 15) is 19.2 Å². The highest BCUT2D eigenvalue weighted by Gasteiger charge is 2.18. The van der Waals surface area contributed by atoms with E-state index in [-0.39, 0.29) is 82.3 Å². The highest BCUT2D eigenvalue weighted by atomic mass is 35.5. The maximum Gasteiger partial charge on any atom is 0.410 e. The molecule has 46 heavy (non-hydrogen) atoms. The van der Waals surface area contributed by atoms with E-state index in [2.05, 4.69) is 4.99 Å². The molecule has 0 aromatic heterocycles. The van der Waals surface area contributed by atoms with Gasteiger partial charge in [-0.1, -0.05) is 12.1 Å². The molecule has 0 spiro atoms. The number of aliphatic imine (C=N–C) groups is 1. The van der Waals surface area contributed by atoms with Crippen molar-refractivity contribution in [3.63, 3.8) is 0 Å². The molecule has 0 bridgehead atoms. The van der Waals surface area contributed by atoms with Crippen LogP contribution in [0.2, 0.25) is 0 Å². The molecule has 0 saturated heterocycles. The molecular weight excluding hydrogens is 632 g/mol. The third-order valence-corrected chi connectivity index (χ3v) is 5.52. The van der Waals surface area contributed by atoms with Gasteiger partial charge in [-0.15, -0.1) is 12.4 Å². The van der Waals surface area contributed by atoms with Gasteiger partial charge in [0, 0.05) is 6.54 Å². The fourth-order valence-electron chi connectivity index (χ4n) is 3.37. The Morgan fingerprint density at radius 2 is 1.26 bits per heavy atom. The zero-order valence-corrected chi connectivity index (χ0v) is 25.9. The van der Waals surface area contributed by atoms with Gasteiger partial charge in [-0.2, -0.15) is 0 Å². The molecule has 0 fully saturated rings. The highest BCUT2D eigenvalue weighted by Crippen LogP contribution is 2.17. The number of esters is 1. The largest absolute Gasteiger partial charge is 0.481 e. The summed E-state index contributed by atoms with van der Waals surface area (Å²) < 4.78 is 31.8. The molecule has 254 valence electrons. The van der Waals surface area contributed by atoms with Gasteiger partial charge in [-0.3, -0.25) is 14.5 Å². The minimum atomic E-state index is -1.21. The molecule has 2 aromatic carbocycles. The zero-order chi connectivity index (χ0) is 32.9. The molecule has 2 rings (SSSR count). The summed E-state index contributed by atoms with van der Waals surface area (Å²) in [6.07, 6.45) is -0.891. The minimum Gasteiger partial charge on any atom is -0.481 e. The van der Waals surface area contributed by atoms with Crippen LogP contribution in [-0.2, 0) is 39.9 Å². The summed E-state index contributed by atoms with van der Waals surface area (Å²) in [4.78, 5) is 51.4. The van der Waals surface area contributed by atoms with E-state index in [0.717, 1.165) is 4.90 Å². The van der Waals surface area contributed by atoms with Crippen LogP contribution in [0, 0.1) is 0 Å². The second-order valence-corrected chi connectivity index (χ2v) is 9.08. The van der Waals surface area contributed by atoms with Crippen LogP contribution in [0.25, 0.3) is 0 Å². The van der Waals surface area contributed by atoms with Crippen LogP contribution < -0.4 is 16.2 Å². The first-order valence-corrected chi connectivity index (χ1v) is 13.8. The number of hydrogen-bond donors (Lipinski definition) is 4. The van der Waals surface area contributed by atoms with Gasteiger partial charge in [0.05, 0.1) is 70.5 Å². The molecule has 0 radical (unpaired) electrons. The number of carbonyl (C=O) groups is 4. The van der Waals surface area contributed by atoms with Crippen molar-refractivity contribution in [2.75, 3.05) is 65.9 Å². The van der Waals surface area contributed by atoms with E-state index in [1.807, 2.05) is 0 Å². The minimum absolute atomic E-state index is 0. The second-order valence-electron chi connectivity index (χ2n) is 9.08. The SMILES string of the molecule is Cl.NC(N)=Nc1ccc(C(=O)Oc2ccc(COC(=O)N(CCOCCOCCOCCOCCC(=O)O)CC(=O)O)cc2)cc1. The molecule has 0 aliphatic carbocycles. The highest BCUT2D eigenvalue weighted by molar-refractivity contribution is 5.91. The van der Waals surface area contributed by atoms with Gasteiger partial charge in [0.15, 0.2) is 5.96 Å². The molecule has 0 aliphatic heterocycles. The molecule has 0 atom stereocenters. The standard InChI is InChI=1S/C29H38N4O12.ClH/c30-28(31)32-23-5-3-22(4-6-23)27(38)45-24-7-1-21(2-8-24)20-44-29(39)33(19-26(36)37)10-12-41-14-16-43-18-17-42-15-13-40-11-9-25(34)35;/h1-8H,9-20H2,(H,34,35)(H,36,37)(H4,30,31,32);1H. The number of rotatable bonds is 22. The second kappa shape index (κ2) is 22.9. The predicted molar refractivity (Wildman–Crippen MR) is 165 cm³/mol. The van der Waals surface area contributed by atoms with Crippen molar-refractivity contribution < 1.29 is 57.8 Å². The Balaban J connectivity index is 0.0000106. The van der Waals surface area contributed by atoms with Crippen LogP contribution in [0.5, 0.6) is 5.75 Å². The molecule has 0 unspecified atom stereocenters. The van der Waals surface area contributed by atoms with Crippen molar-refractivity contribution in [2.24, 2.45) is 16.5 Å². The van der Waals surface area contributed by atoms with E-state index in [0.29, 0.717) is 31.1 Å². The number of halogens is 1. The monoisotopic (exact) mass is 670 g/mol. The smallest absolute Gasteiger partial charge is 0.410 e. The fraction of sp³-hybridized carbons (Fsp3) is 0.414. The number of carboxylic acids is 2. The lowest BCUT2D eigenvalue weighted by Gasteiger charge is -2.20. The fourth-order valence-corrected chi connectivity index (χ4v) is 3.37. The van der Waals surface area contributed by atoms with E-state index < -0.39 is 30.5 Å². The number of carboxylic acid groups (broad SMARTS) is 2. The Labute approximate surface area is 271 Å². The molecule has 2 aromatic rings. The van der Waals surface area contributed by atoms with Gasteiger partial charge < -0.3 is 50.1 Å². The number of carbonyl (C=O) groups excluding carboxylic acids is 2. The number of amides is 1. The average Bonchev–Trinajstić information content (AvgIpc) is 2.99. The first-order valence-electron chi connectivity index (χ1n) is 13.8. The van der Waals surface area contributed by atoms with Gasteiger partial charge in [-0.05, 0) is 42.0 Å². The third-order valence-electron chi connectivity index (χ3n) is 5.52. The average molecular weight is 671 g/mol. The Bertz CT molecular complexity index is 1240. The van der Waals surface area contributed by atoms with Crippen molar-refractivity contribution in [3.05, 3.63) is 59.7 Å². The number of nitrogens with two attached hydrogens (primary N) is 2. The number of nitrogens with zero attached hydrogens (tertiary/aromatic N) is 2. The van der Waals surface area contributed by atoms with Gasteiger partial charge in [0.25, 0.3) is 0 Å². The predicted octanol–water partition coefficient (Wildman–Crippen LogP) is 1.80. The summed E-state index contributed by atoms with van der Waals surface area (Å²) in [7, 11) is 0. The Morgan fingerprint density at radius 1 is 0.717 bits per heavy atom. The van der Waals surface area contributed by atoms with Gasteiger partial charge in [-0.25, -0.2) is 14.6 Å². The van der Waals surface area contributed by atoms with E-state index in [1.54, 1.807) is 24.3 Å². The molecule has 6 N–H and O–H groups in total. The van der Waals surface area contributed by atoms with Crippen molar-refractivity contribution in [1.82, 2.24) is 4.90 Å². The van der Waals surface area contributed by atoms with Gasteiger partial charge >= 0.3 is 24.0 Å². The van der Waals surface area contributed by atoms with Crippen LogP contribution in [0.4, 0.5) is 10.5 Å². The lowest BCUT2D eigenvalue weighted by Crippen LogP contribution is -2.38. The number of benzene rings is 2. The quantitative estimate of drug-likeness (QED) is 0.0460. The summed E-state index contributed by atoms with van der Waals surface area (Å²) in [5, 5.41) is 17.7. The summed E-state index contributed by atoms with van der Waals surface area (Å²) in [5.41, 5.74) is 12.0. The Hall–Kier alpha value is -4.48. The normalized spacial score (nSPS) is 10.3. The molecular formula is C29H39ClN4O12. The summed E-state index contributed by atoms with van der Waals surface area (Å²) in [5.74, 6) is -2.56. The molecule has 17 heteroatoms. The lowest BCUT2D eigenvalue weighted by atomic mass is 10.2. The number of aliphatic carboxylic acids is 2. The number of hydrogen-bond acceptors (Lipinski definition) is 11. The van der Waals surface area contributed by atoms with Gasteiger partial charge in [0.2, 0.25) is 0 Å². The third kappa shape index (κ3) is 17.7. The van der Waals surface area contributed by atoms with Gasteiger partial charge in [0.1, 0.15) is 18.9 Å². The van der Waals surface area contributed by atoms with Crippen molar-refractivity contribution >= 4 is 48.1 Å². The maximum atomic E-state index is 12.5. The summed E-state index contributed by atoms with van der Waals surface area (Å²) in [6, 6.07) is 12.4. The zero-order valence-electron chi connectivity index (χ0n) is 25.0. The molecule has 0 aliphatic rings. The lowest BCUT2D eigenvalue weighted by molar-refractivity contribution is -0.139. The summed E-state index contributed by atoms with van der Waals surface area (Å²) >= 11 is 0. The molecule has 1 amide bonds. The van der Waals surface area contributed by atoms with Crippen molar-refractivity contribution in [2.45, 2.75) is 13.0 Å². The Kier molecular flexibility index (Phi) is 19.7.